The Morgan fingerprint density at radius 2 is 1.44 bits per heavy atom. The minimum atomic E-state index is 0.400. The molecule has 32 heavy (non-hydrogen) atoms. The van der Waals surface area contributed by atoms with E-state index in [1.807, 2.05) is 6.20 Å². The van der Waals surface area contributed by atoms with Crippen LogP contribution in [0.1, 0.15) is 57.3 Å². The van der Waals surface area contributed by atoms with E-state index in [1.165, 1.54) is 38.7 Å². The highest BCUT2D eigenvalue weighted by atomic mass is 14.9. The number of nitrogens with one attached hydrogen (secondary N) is 1. The lowest BCUT2D eigenvalue weighted by atomic mass is 9.91. The molecule has 162 valence electrons. The van der Waals surface area contributed by atoms with Crippen molar-refractivity contribution < 1.29 is 0 Å². The molecule has 0 saturated carbocycles. The zero-order valence-corrected chi connectivity index (χ0v) is 19.4. The Labute approximate surface area is 190 Å². The summed E-state index contributed by atoms with van der Waals surface area (Å²) in [5.74, 6) is 2.53. The lowest BCUT2D eigenvalue weighted by molar-refractivity contribution is 0.766. The predicted octanol–water partition coefficient (Wildman–Crippen LogP) is 7.60. The number of H-pyrrole nitrogens is 1. The fourth-order valence-corrected chi connectivity index (χ4v) is 4.57. The van der Waals surface area contributed by atoms with E-state index in [1.54, 1.807) is 0 Å². The van der Waals surface area contributed by atoms with E-state index in [0.717, 1.165) is 24.5 Å². The third kappa shape index (κ3) is 4.00. The standard InChI is InChI=1S/C29H31N3/c1-18(2)27-15-26(16-30-27)21-7-5-20(6-8-21)22-9-10-24-14-25(12-11-23(24)13-22)28-17-31-29(32-28)19(3)4/h5-14,17-19,26H,15-16H2,1-4H3,(H,31,32). The molecule has 1 aliphatic heterocycles. The zero-order valence-electron chi connectivity index (χ0n) is 19.4. The van der Waals surface area contributed by atoms with Crippen molar-refractivity contribution in [2.24, 2.45) is 10.9 Å². The summed E-state index contributed by atoms with van der Waals surface area (Å²) < 4.78 is 0. The summed E-state index contributed by atoms with van der Waals surface area (Å²) in [5, 5.41) is 2.50. The first-order valence-corrected chi connectivity index (χ1v) is 11.7. The van der Waals surface area contributed by atoms with E-state index in [-0.39, 0.29) is 0 Å². The van der Waals surface area contributed by atoms with Crippen molar-refractivity contribution in [2.45, 2.75) is 46.0 Å². The second-order valence-electron chi connectivity index (χ2n) is 9.62. The van der Waals surface area contributed by atoms with Crippen LogP contribution in [0.15, 0.2) is 71.9 Å². The number of aliphatic imine (C=N–C) groups is 1. The maximum Gasteiger partial charge on any atom is 0.109 e. The number of benzene rings is 3. The first-order chi connectivity index (χ1) is 15.5. The summed E-state index contributed by atoms with van der Waals surface area (Å²) in [7, 11) is 0. The number of aromatic amines is 1. The summed E-state index contributed by atoms with van der Waals surface area (Å²) in [6, 6.07) is 22.5. The van der Waals surface area contributed by atoms with Crippen LogP contribution in [0.5, 0.6) is 0 Å². The van der Waals surface area contributed by atoms with E-state index in [2.05, 4.69) is 98.3 Å². The Kier molecular flexibility index (Phi) is 5.42. The molecular formula is C29H31N3. The van der Waals surface area contributed by atoms with E-state index < -0.39 is 0 Å². The van der Waals surface area contributed by atoms with Gasteiger partial charge in [-0.1, -0.05) is 76.2 Å². The first kappa shape index (κ1) is 20.7. The van der Waals surface area contributed by atoms with Gasteiger partial charge in [0.2, 0.25) is 0 Å². The van der Waals surface area contributed by atoms with Gasteiger partial charge < -0.3 is 4.98 Å². The van der Waals surface area contributed by atoms with Gasteiger partial charge in [-0.3, -0.25) is 4.99 Å². The highest BCUT2D eigenvalue weighted by Gasteiger charge is 2.22. The SMILES string of the molecule is CC(C)C1=NCC(c2ccc(-c3ccc4cc(-c5cnc(C(C)C)[nH]5)ccc4c3)cc2)C1. The average molecular weight is 422 g/mol. The topological polar surface area (TPSA) is 41.0 Å². The van der Waals surface area contributed by atoms with Gasteiger partial charge in [0.05, 0.1) is 11.9 Å². The van der Waals surface area contributed by atoms with E-state index >= 15 is 0 Å². The van der Waals surface area contributed by atoms with Crippen LogP contribution >= 0.6 is 0 Å². The maximum absolute atomic E-state index is 4.76. The summed E-state index contributed by atoms with van der Waals surface area (Å²) in [5.41, 5.74) is 7.53. The zero-order chi connectivity index (χ0) is 22.2. The quantitative estimate of drug-likeness (QED) is 0.354. The van der Waals surface area contributed by atoms with Crippen molar-refractivity contribution in [2.75, 3.05) is 6.54 Å². The number of hydrogen-bond donors (Lipinski definition) is 1. The fraction of sp³-hybridized carbons (Fsp3) is 0.310. The highest BCUT2D eigenvalue weighted by Crippen LogP contribution is 2.32. The number of imidazole rings is 1. The monoisotopic (exact) mass is 421 g/mol. The van der Waals surface area contributed by atoms with Gasteiger partial charge in [0.1, 0.15) is 5.82 Å². The molecule has 3 nitrogen and oxygen atoms in total. The van der Waals surface area contributed by atoms with Gasteiger partial charge in [0.25, 0.3) is 0 Å². The normalized spacial score (nSPS) is 16.3. The van der Waals surface area contributed by atoms with Crippen LogP contribution in [0.2, 0.25) is 0 Å². The summed E-state index contributed by atoms with van der Waals surface area (Å²) in [6.07, 6.45) is 3.04. The molecule has 0 amide bonds. The molecule has 0 saturated heterocycles. The van der Waals surface area contributed by atoms with Crippen molar-refractivity contribution in [3.05, 3.63) is 78.2 Å². The van der Waals surface area contributed by atoms with Gasteiger partial charge in [0, 0.05) is 29.7 Å². The summed E-state index contributed by atoms with van der Waals surface area (Å²) in [4.78, 5) is 12.7. The molecule has 3 heteroatoms. The number of rotatable bonds is 5. The second-order valence-corrected chi connectivity index (χ2v) is 9.62. The molecule has 2 heterocycles. The van der Waals surface area contributed by atoms with E-state index in [4.69, 9.17) is 4.99 Å². The third-order valence-corrected chi connectivity index (χ3v) is 6.65. The van der Waals surface area contributed by atoms with E-state index in [0.29, 0.717) is 17.8 Å². The lowest BCUT2D eigenvalue weighted by Gasteiger charge is -2.12. The number of aromatic nitrogens is 2. The second kappa shape index (κ2) is 8.38. The Morgan fingerprint density at radius 1 is 0.781 bits per heavy atom. The van der Waals surface area contributed by atoms with Gasteiger partial charge in [-0.05, 0) is 51.9 Å². The number of nitrogens with zero attached hydrogens (tertiary/aromatic N) is 2. The summed E-state index contributed by atoms with van der Waals surface area (Å²) in [6.45, 7) is 9.72. The van der Waals surface area contributed by atoms with Crippen LogP contribution in [-0.2, 0) is 0 Å². The molecule has 1 unspecified atom stereocenters. The predicted molar refractivity (Wildman–Crippen MR) is 136 cm³/mol. The minimum absolute atomic E-state index is 0.400. The van der Waals surface area contributed by atoms with Crippen LogP contribution in [0.3, 0.4) is 0 Å². The van der Waals surface area contributed by atoms with Crippen LogP contribution in [0, 0.1) is 5.92 Å². The van der Waals surface area contributed by atoms with Crippen molar-refractivity contribution in [1.29, 1.82) is 0 Å². The van der Waals surface area contributed by atoms with Gasteiger partial charge in [-0.2, -0.15) is 0 Å². The molecule has 4 aromatic rings. The Balaban J connectivity index is 1.37. The first-order valence-electron chi connectivity index (χ1n) is 11.7. The lowest BCUT2D eigenvalue weighted by Crippen LogP contribution is -2.06. The van der Waals surface area contributed by atoms with Crippen LogP contribution in [0.25, 0.3) is 33.2 Å². The molecule has 1 atom stereocenters. The van der Waals surface area contributed by atoms with Gasteiger partial charge in [0.15, 0.2) is 0 Å². The molecular weight excluding hydrogens is 390 g/mol. The molecule has 5 rings (SSSR count). The number of hydrogen-bond acceptors (Lipinski definition) is 2. The highest BCUT2D eigenvalue weighted by molar-refractivity contribution is 5.91. The van der Waals surface area contributed by atoms with Crippen molar-refractivity contribution in [3.63, 3.8) is 0 Å². The molecule has 0 aliphatic carbocycles. The molecule has 3 aromatic carbocycles. The Hall–Kier alpha value is -3.20. The van der Waals surface area contributed by atoms with Crippen molar-refractivity contribution >= 4 is 16.5 Å². The Bertz CT molecular complexity index is 1280. The molecule has 1 aromatic heterocycles. The molecule has 0 radical (unpaired) electrons. The third-order valence-electron chi connectivity index (χ3n) is 6.65. The molecule has 1 N–H and O–H groups in total. The molecule has 0 spiro atoms. The average Bonchev–Trinajstić information content (AvgIpc) is 3.49. The van der Waals surface area contributed by atoms with Crippen LogP contribution in [0.4, 0.5) is 0 Å². The smallest absolute Gasteiger partial charge is 0.109 e. The molecule has 1 aliphatic rings. The van der Waals surface area contributed by atoms with E-state index in [9.17, 15) is 0 Å². The molecule has 0 bridgehead atoms. The molecule has 0 fully saturated rings. The number of fused-ring (bicyclic) bond motifs is 1. The largest absolute Gasteiger partial charge is 0.342 e. The van der Waals surface area contributed by atoms with Crippen molar-refractivity contribution in [3.8, 4) is 22.4 Å². The maximum atomic E-state index is 4.76. The van der Waals surface area contributed by atoms with Crippen molar-refractivity contribution in [1.82, 2.24) is 9.97 Å². The Morgan fingerprint density at radius 3 is 2.06 bits per heavy atom. The van der Waals surface area contributed by atoms with Crippen LogP contribution < -0.4 is 0 Å². The van der Waals surface area contributed by atoms with Gasteiger partial charge >= 0.3 is 0 Å². The van der Waals surface area contributed by atoms with Gasteiger partial charge in [-0.25, -0.2) is 4.98 Å². The minimum Gasteiger partial charge on any atom is -0.342 e. The fourth-order valence-electron chi connectivity index (χ4n) is 4.57. The van der Waals surface area contributed by atoms with Crippen LogP contribution in [-0.4, -0.2) is 22.2 Å². The van der Waals surface area contributed by atoms with Gasteiger partial charge in [-0.15, -0.1) is 0 Å². The summed E-state index contributed by atoms with van der Waals surface area (Å²) >= 11 is 0.